The van der Waals surface area contributed by atoms with Crippen LogP contribution in [0.25, 0.3) is 0 Å². The molecule has 0 saturated heterocycles. The molecule has 0 aromatic carbocycles. The molecule has 2 rings (SSSR count). The van der Waals surface area contributed by atoms with Crippen molar-refractivity contribution in [3.63, 3.8) is 0 Å². The van der Waals surface area contributed by atoms with Crippen molar-refractivity contribution < 1.29 is 8.42 Å². The molecule has 0 radical (unpaired) electrons. The predicted octanol–water partition coefficient (Wildman–Crippen LogP) is 1.59. The third-order valence-electron chi connectivity index (χ3n) is 3.28. The molecule has 5 nitrogen and oxygen atoms in total. The van der Waals surface area contributed by atoms with Crippen molar-refractivity contribution in [2.45, 2.75) is 36.6 Å². The zero-order valence-corrected chi connectivity index (χ0v) is 12.0. The molecule has 1 aliphatic carbocycles. The molecule has 18 heavy (non-hydrogen) atoms. The molecule has 0 aliphatic heterocycles. The van der Waals surface area contributed by atoms with Crippen LogP contribution in [0.3, 0.4) is 0 Å². The summed E-state index contributed by atoms with van der Waals surface area (Å²) in [6, 6.07) is 0.137. The second-order valence-electron chi connectivity index (χ2n) is 4.59. The molecule has 102 valence electrons. The summed E-state index contributed by atoms with van der Waals surface area (Å²) in [7, 11) is -1.71. The summed E-state index contributed by atoms with van der Waals surface area (Å²) in [4.78, 5) is 0.270. The molecule has 7 heteroatoms. The van der Waals surface area contributed by atoms with Gasteiger partial charge in [0.2, 0.25) is 10.0 Å². The van der Waals surface area contributed by atoms with E-state index in [0.717, 1.165) is 19.3 Å². The van der Waals surface area contributed by atoms with Crippen LogP contribution in [0.2, 0.25) is 0 Å². The van der Waals surface area contributed by atoms with Gasteiger partial charge in [-0.15, -0.1) is 11.6 Å². The summed E-state index contributed by atoms with van der Waals surface area (Å²) in [6.07, 6.45) is 6.62. The van der Waals surface area contributed by atoms with Crippen LogP contribution in [-0.4, -0.2) is 41.0 Å². The summed E-state index contributed by atoms with van der Waals surface area (Å²) in [6.45, 7) is 0.491. The third-order valence-corrected chi connectivity index (χ3v) is 5.45. The molecule has 0 unspecified atom stereocenters. The fourth-order valence-electron chi connectivity index (χ4n) is 2.06. The first kappa shape index (κ1) is 13.8. The first-order valence-corrected chi connectivity index (χ1v) is 8.09. The number of halogens is 1. The highest BCUT2D eigenvalue weighted by molar-refractivity contribution is 7.89. The highest BCUT2D eigenvalue weighted by Gasteiger charge is 2.34. The topological polar surface area (TPSA) is 55.2 Å². The average Bonchev–Trinajstić information content (AvgIpc) is 2.68. The lowest BCUT2D eigenvalue weighted by atomic mass is 9.93. The Labute approximate surface area is 113 Å². The molecule has 1 saturated carbocycles. The van der Waals surface area contributed by atoms with E-state index in [1.807, 2.05) is 0 Å². The number of aryl methyl sites for hydroxylation is 1. The third kappa shape index (κ3) is 2.70. The number of rotatable bonds is 6. The van der Waals surface area contributed by atoms with Gasteiger partial charge in [0.1, 0.15) is 4.90 Å². The van der Waals surface area contributed by atoms with Gasteiger partial charge < -0.3 is 0 Å². The SMILES string of the molecule is Cn1cc(S(=O)(=O)N(CCCCl)C2CCC2)cn1. The lowest BCUT2D eigenvalue weighted by molar-refractivity contribution is 0.220. The largest absolute Gasteiger partial charge is 0.274 e. The summed E-state index contributed by atoms with van der Waals surface area (Å²) in [5.41, 5.74) is 0. The Morgan fingerprint density at radius 1 is 1.56 bits per heavy atom. The van der Waals surface area contributed by atoms with E-state index in [-0.39, 0.29) is 10.9 Å². The molecular formula is C11H18ClN3O2S. The van der Waals surface area contributed by atoms with E-state index in [4.69, 9.17) is 11.6 Å². The van der Waals surface area contributed by atoms with Crippen molar-refractivity contribution in [2.75, 3.05) is 12.4 Å². The summed E-state index contributed by atoms with van der Waals surface area (Å²) in [5.74, 6) is 0.478. The Morgan fingerprint density at radius 2 is 2.28 bits per heavy atom. The molecule has 0 bridgehead atoms. The first-order valence-electron chi connectivity index (χ1n) is 6.12. The average molecular weight is 292 g/mol. The van der Waals surface area contributed by atoms with Crippen molar-refractivity contribution in [2.24, 2.45) is 7.05 Å². The number of sulfonamides is 1. The molecule has 0 amide bonds. The molecular weight excluding hydrogens is 274 g/mol. The molecule has 1 aromatic rings. The first-order chi connectivity index (χ1) is 8.55. The van der Waals surface area contributed by atoms with Crippen molar-refractivity contribution >= 4 is 21.6 Å². The predicted molar refractivity (Wildman–Crippen MR) is 70.1 cm³/mol. The van der Waals surface area contributed by atoms with Gasteiger partial charge in [0.15, 0.2) is 0 Å². The van der Waals surface area contributed by atoms with Gasteiger partial charge in [0.05, 0.1) is 6.20 Å². The zero-order chi connectivity index (χ0) is 13.2. The Balaban J connectivity index is 2.22. The minimum absolute atomic E-state index is 0.137. The maximum Gasteiger partial charge on any atom is 0.246 e. The lowest BCUT2D eigenvalue weighted by Gasteiger charge is -2.36. The van der Waals surface area contributed by atoms with Crippen LogP contribution in [0, 0.1) is 0 Å². The van der Waals surface area contributed by atoms with E-state index in [2.05, 4.69) is 5.10 Å². The van der Waals surface area contributed by atoms with Crippen LogP contribution in [-0.2, 0) is 17.1 Å². The summed E-state index contributed by atoms with van der Waals surface area (Å²) < 4.78 is 28.1. The molecule has 0 spiro atoms. The van der Waals surface area contributed by atoms with Crippen LogP contribution in [0.5, 0.6) is 0 Å². The van der Waals surface area contributed by atoms with E-state index in [9.17, 15) is 8.42 Å². The minimum Gasteiger partial charge on any atom is -0.274 e. The van der Waals surface area contributed by atoms with Gasteiger partial charge in [0.25, 0.3) is 0 Å². The van der Waals surface area contributed by atoms with Gasteiger partial charge in [-0.3, -0.25) is 4.68 Å². The molecule has 0 N–H and O–H groups in total. The number of hydrogen-bond acceptors (Lipinski definition) is 3. The highest BCUT2D eigenvalue weighted by atomic mass is 35.5. The summed E-state index contributed by atoms with van der Waals surface area (Å²) >= 11 is 5.67. The van der Waals surface area contributed by atoms with Gasteiger partial charge in [-0.1, -0.05) is 6.42 Å². The Morgan fingerprint density at radius 3 is 2.72 bits per heavy atom. The number of nitrogens with zero attached hydrogens (tertiary/aromatic N) is 3. The second kappa shape index (κ2) is 5.59. The second-order valence-corrected chi connectivity index (χ2v) is 6.86. The standard InChI is InChI=1S/C11H18ClN3O2S/c1-14-9-11(8-13-14)18(16,17)15(7-3-6-12)10-4-2-5-10/h8-10H,2-7H2,1H3. The fraction of sp³-hybridized carbons (Fsp3) is 0.727. The molecule has 1 heterocycles. The smallest absolute Gasteiger partial charge is 0.246 e. The van der Waals surface area contributed by atoms with E-state index in [1.165, 1.54) is 10.9 Å². The van der Waals surface area contributed by atoms with Crippen molar-refractivity contribution in [3.05, 3.63) is 12.4 Å². The van der Waals surface area contributed by atoms with Crippen molar-refractivity contribution in [1.82, 2.24) is 14.1 Å². The number of hydrogen-bond donors (Lipinski definition) is 0. The molecule has 1 aromatic heterocycles. The van der Waals surface area contributed by atoms with Gasteiger partial charge in [-0.25, -0.2) is 8.42 Å². The maximum atomic E-state index is 12.5. The Bertz CT molecular complexity index is 496. The summed E-state index contributed by atoms with van der Waals surface area (Å²) in [5, 5.41) is 3.93. The monoisotopic (exact) mass is 291 g/mol. The Kier molecular flexibility index (Phi) is 4.29. The quantitative estimate of drug-likeness (QED) is 0.748. The van der Waals surface area contributed by atoms with Gasteiger partial charge in [-0.05, 0) is 19.3 Å². The van der Waals surface area contributed by atoms with Crippen molar-refractivity contribution in [1.29, 1.82) is 0 Å². The van der Waals surface area contributed by atoms with E-state index in [0.29, 0.717) is 18.8 Å². The van der Waals surface area contributed by atoms with Crippen LogP contribution in [0.15, 0.2) is 17.3 Å². The van der Waals surface area contributed by atoms with Crippen LogP contribution >= 0.6 is 11.6 Å². The van der Waals surface area contributed by atoms with Gasteiger partial charge in [0, 0.05) is 31.7 Å². The fourth-order valence-corrected chi connectivity index (χ4v) is 3.89. The maximum absolute atomic E-state index is 12.5. The van der Waals surface area contributed by atoms with E-state index in [1.54, 1.807) is 17.5 Å². The van der Waals surface area contributed by atoms with Gasteiger partial charge in [-0.2, -0.15) is 9.40 Å². The minimum atomic E-state index is -3.42. The molecule has 1 fully saturated rings. The van der Waals surface area contributed by atoms with E-state index < -0.39 is 10.0 Å². The highest BCUT2D eigenvalue weighted by Crippen LogP contribution is 2.29. The zero-order valence-electron chi connectivity index (χ0n) is 10.4. The normalized spacial score (nSPS) is 17.1. The van der Waals surface area contributed by atoms with Crippen LogP contribution < -0.4 is 0 Å². The van der Waals surface area contributed by atoms with Crippen LogP contribution in [0.4, 0.5) is 0 Å². The van der Waals surface area contributed by atoms with Gasteiger partial charge >= 0.3 is 0 Å². The van der Waals surface area contributed by atoms with Crippen molar-refractivity contribution in [3.8, 4) is 0 Å². The molecule has 0 atom stereocenters. The lowest BCUT2D eigenvalue weighted by Crippen LogP contribution is -2.44. The number of alkyl halides is 1. The Hall–Kier alpha value is -0.590. The van der Waals surface area contributed by atoms with E-state index >= 15 is 0 Å². The van der Waals surface area contributed by atoms with Crippen LogP contribution in [0.1, 0.15) is 25.7 Å². The number of aromatic nitrogens is 2. The molecule has 1 aliphatic rings.